The minimum Gasteiger partial charge on any atom is -0.374 e. The first-order valence-corrected chi connectivity index (χ1v) is 7.77. The Hall–Kier alpha value is -1.26. The third-order valence-electron chi connectivity index (χ3n) is 3.48. The van der Waals surface area contributed by atoms with E-state index < -0.39 is 30.1 Å². The van der Waals surface area contributed by atoms with E-state index in [1.807, 2.05) is 0 Å². The maximum absolute atomic E-state index is 13.2. The molecular formula is C12H17F3N4O2S. The summed E-state index contributed by atoms with van der Waals surface area (Å²) in [5, 5.41) is 15.4. The molecular weight excluding hydrogens is 321 g/mol. The summed E-state index contributed by atoms with van der Waals surface area (Å²) >= 11 is 1.54. The minimum absolute atomic E-state index is 0.301. The highest BCUT2D eigenvalue weighted by molar-refractivity contribution is 7.99. The molecule has 0 aliphatic carbocycles. The molecule has 0 radical (unpaired) electrons. The normalized spacial score (nSPS) is 21.6. The van der Waals surface area contributed by atoms with Crippen molar-refractivity contribution < 1.29 is 23.1 Å². The zero-order valence-electron chi connectivity index (χ0n) is 11.9. The summed E-state index contributed by atoms with van der Waals surface area (Å²) in [4.78, 5) is 15.4. The second-order valence-electron chi connectivity index (χ2n) is 5.03. The molecule has 22 heavy (non-hydrogen) atoms. The number of nitrogens with one attached hydrogen (secondary N) is 2. The Morgan fingerprint density at radius 3 is 2.86 bits per heavy atom. The van der Waals surface area contributed by atoms with Crippen LogP contribution in [0.1, 0.15) is 12.2 Å². The Balaban J connectivity index is 2.02. The minimum atomic E-state index is -4.89. The van der Waals surface area contributed by atoms with Gasteiger partial charge in [0.15, 0.2) is 0 Å². The molecule has 0 saturated carbocycles. The molecule has 2 heterocycles. The van der Waals surface area contributed by atoms with Crippen LogP contribution in [0.2, 0.25) is 0 Å². The number of amides is 1. The topological polar surface area (TPSA) is 79.2 Å². The molecule has 1 aliphatic rings. The first-order chi connectivity index (χ1) is 10.3. The number of hydrogen-bond donors (Lipinski definition) is 3. The van der Waals surface area contributed by atoms with Crippen LogP contribution in [0.15, 0.2) is 12.4 Å². The lowest BCUT2D eigenvalue weighted by Crippen LogP contribution is -2.48. The van der Waals surface area contributed by atoms with Gasteiger partial charge in [-0.1, -0.05) is 0 Å². The molecule has 2 rings (SSSR count). The van der Waals surface area contributed by atoms with Crippen LogP contribution in [0.25, 0.3) is 0 Å². The van der Waals surface area contributed by atoms with Gasteiger partial charge in [0.25, 0.3) is 0 Å². The van der Waals surface area contributed by atoms with Gasteiger partial charge < -0.3 is 15.0 Å². The number of aryl methyl sites for hydroxylation is 1. The number of alkyl halides is 3. The molecule has 3 N–H and O–H groups in total. The zero-order valence-corrected chi connectivity index (χ0v) is 12.7. The van der Waals surface area contributed by atoms with E-state index in [0.29, 0.717) is 11.6 Å². The molecule has 0 spiro atoms. The number of imidazole rings is 1. The maximum Gasteiger partial charge on any atom is 0.424 e. The standard InChI is InChI=1S/C12H17F3N4O2S/c1-19-5-4-17-10(19)11(21,12(13,14)15)2-3-16-9(20)8-6-22-7-18-8/h4-5,8,18,21H,2-3,6-7H2,1H3,(H,16,20)/t8-,11-/m0/s1. The molecule has 0 unspecified atom stereocenters. The highest BCUT2D eigenvalue weighted by Gasteiger charge is 2.57. The average Bonchev–Trinajstić information content (AvgIpc) is 3.07. The molecule has 1 fully saturated rings. The van der Waals surface area contributed by atoms with Gasteiger partial charge in [-0.05, 0) is 0 Å². The van der Waals surface area contributed by atoms with Crippen molar-refractivity contribution in [3.8, 4) is 0 Å². The molecule has 1 aliphatic heterocycles. The number of rotatable bonds is 5. The molecule has 2 atom stereocenters. The SMILES string of the molecule is Cn1ccnc1[C@@](O)(CCNC(=O)[C@@H]1CSCN1)C(F)(F)F. The summed E-state index contributed by atoms with van der Waals surface area (Å²) in [6.07, 6.45) is -3.08. The average molecular weight is 338 g/mol. The van der Waals surface area contributed by atoms with Gasteiger partial charge in [0, 0.05) is 44.0 Å². The zero-order chi connectivity index (χ0) is 16.4. The lowest BCUT2D eigenvalue weighted by Gasteiger charge is -2.30. The van der Waals surface area contributed by atoms with Crippen LogP contribution in [0.3, 0.4) is 0 Å². The van der Waals surface area contributed by atoms with Crippen molar-refractivity contribution >= 4 is 17.7 Å². The molecule has 1 amide bonds. The van der Waals surface area contributed by atoms with Crippen LogP contribution in [0.4, 0.5) is 13.2 Å². The lowest BCUT2D eigenvalue weighted by atomic mass is 9.97. The quantitative estimate of drug-likeness (QED) is 0.722. The first-order valence-electron chi connectivity index (χ1n) is 6.61. The number of carbonyl (C=O) groups excluding carboxylic acids is 1. The highest BCUT2D eigenvalue weighted by Crippen LogP contribution is 2.40. The van der Waals surface area contributed by atoms with E-state index in [0.717, 1.165) is 4.57 Å². The van der Waals surface area contributed by atoms with E-state index >= 15 is 0 Å². The van der Waals surface area contributed by atoms with Crippen molar-refractivity contribution in [1.29, 1.82) is 0 Å². The number of hydrogen-bond acceptors (Lipinski definition) is 5. The molecule has 0 bridgehead atoms. The molecule has 124 valence electrons. The van der Waals surface area contributed by atoms with E-state index in [2.05, 4.69) is 15.6 Å². The van der Waals surface area contributed by atoms with E-state index in [1.54, 1.807) is 0 Å². The summed E-state index contributed by atoms with van der Waals surface area (Å²) in [7, 11) is 1.37. The molecule has 6 nitrogen and oxygen atoms in total. The summed E-state index contributed by atoms with van der Waals surface area (Å²) in [6, 6.07) is -0.405. The monoisotopic (exact) mass is 338 g/mol. The van der Waals surface area contributed by atoms with Crippen molar-refractivity contribution in [3.63, 3.8) is 0 Å². The Morgan fingerprint density at radius 2 is 2.36 bits per heavy atom. The third-order valence-corrected chi connectivity index (χ3v) is 4.42. The Labute approximate surface area is 129 Å². The van der Waals surface area contributed by atoms with E-state index in [9.17, 15) is 23.1 Å². The highest BCUT2D eigenvalue weighted by atomic mass is 32.2. The molecule has 10 heteroatoms. The fraction of sp³-hybridized carbons (Fsp3) is 0.667. The first kappa shape index (κ1) is 17.1. The van der Waals surface area contributed by atoms with Crippen LogP contribution < -0.4 is 10.6 Å². The van der Waals surface area contributed by atoms with Crippen molar-refractivity contribution in [2.45, 2.75) is 24.2 Å². The van der Waals surface area contributed by atoms with E-state index in [4.69, 9.17) is 0 Å². The van der Waals surface area contributed by atoms with Crippen LogP contribution in [0.5, 0.6) is 0 Å². The molecule has 1 aromatic rings. The van der Waals surface area contributed by atoms with Gasteiger partial charge in [-0.25, -0.2) is 4.98 Å². The maximum atomic E-state index is 13.2. The summed E-state index contributed by atoms with van der Waals surface area (Å²) in [6.45, 7) is -0.301. The molecule has 1 saturated heterocycles. The van der Waals surface area contributed by atoms with Crippen molar-refractivity contribution in [2.24, 2.45) is 7.05 Å². The summed E-state index contributed by atoms with van der Waals surface area (Å²) < 4.78 is 40.8. The van der Waals surface area contributed by atoms with Crippen molar-refractivity contribution in [2.75, 3.05) is 18.2 Å². The lowest BCUT2D eigenvalue weighted by molar-refractivity contribution is -0.272. The number of aromatic nitrogens is 2. The van der Waals surface area contributed by atoms with E-state index in [-0.39, 0.29) is 12.5 Å². The van der Waals surface area contributed by atoms with Crippen molar-refractivity contribution in [3.05, 3.63) is 18.2 Å². The van der Waals surface area contributed by atoms with Gasteiger partial charge in [0.1, 0.15) is 5.82 Å². The van der Waals surface area contributed by atoms with Gasteiger partial charge in [-0.15, -0.1) is 11.8 Å². The fourth-order valence-electron chi connectivity index (χ4n) is 2.20. The van der Waals surface area contributed by atoms with Gasteiger partial charge in [0.05, 0.1) is 6.04 Å². The number of thioether (sulfide) groups is 1. The smallest absolute Gasteiger partial charge is 0.374 e. The second-order valence-corrected chi connectivity index (χ2v) is 6.06. The Morgan fingerprint density at radius 1 is 1.64 bits per heavy atom. The van der Waals surface area contributed by atoms with Crippen LogP contribution >= 0.6 is 11.8 Å². The number of carbonyl (C=O) groups is 1. The van der Waals surface area contributed by atoms with Crippen LogP contribution in [-0.2, 0) is 17.4 Å². The number of halogens is 3. The van der Waals surface area contributed by atoms with Crippen LogP contribution in [-0.4, -0.2) is 51.0 Å². The van der Waals surface area contributed by atoms with Gasteiger partial charge in [-0.2, -0.15) is 13.2 Å². The van der Waals surface area contributed by atoms with Gasteiger partial charge in [0.2, 0.25) is 11.5 Å². The van der Waals surface area contributed by atoms with Crippen LogP contribution in [0, 0.1) is 0 Å². The second kappa shape index (κ2) is 6.47. The molecule has 0 aromatic carbocycles. The van der Waals surface area contributed by atoms with Crippen molar-refractivity contribution in [1.82, 2.24) is 20.2 Å². The van der Waals surface area contributed by atoms with Gasteiger partial charge >= 0.3 is 6.18 Å². The van der Waals surface area contributed by atoms with Gasteiger partial charge in [-0.3, -0.25) is 10.1 Å². The predicted molar refractivity (Wildman–Crippen MR) is 75.0 cm³/mol. The predicted octanol–water partition coefficient (Wildman–Crippen LogP) is 0.339. The number of aliphatic hydroxyl groups is 1. The fourth-order valence-corrected chi connectivity index (χ4v) is 3.14. The largest absolute Gasteiger partial charge is 0.424 e. The third kappa shape index (κ3) is 3.39. The summed E-state index contributed by atoms with van der Waals surface area (Å²) in [5.41, 5.74) is -3.10. The Kier molecular flexibility index (Phi) is 5.03. The Bertz CT molecular complexity index is 531. The summed E-state index contributed by atoms with van der Waals surface area (Å²) in [5.74, 6) is 0.352. The molecule has 1 aromatic heterocycles. The van der Waals surface area contributed by atoms with E-state index in [1.165, 1.54) is 31.2 Å². The number of nitrogens with zero attached hydrogens (tertiary/aromatic N) is 2.